The van der Waals surface area contributed by atoms with Gasteiger partial charge in [-0.3, -0.25) is 9.59 Å². The number of carbonyl (C=O) groups is 3. The molecule has 3 N–H and O–H groups in total. The van der Waals surface area contributed by atoms with Crippen molar-refractivity contribution in [2.24, 2.45) is 5.73 Å². The fourth-order valence-electron chi connectivity index (χ4n) is 2.06. The first-order valence-electron chi connectivity index (χ1n) is 7.82. The van der Waals surface area contributed by atoms with Crippen molar-refractivity contribution in [1.82, 2.24) is 0 Å². The third-order valence-electron chi connectivity index (χ3n) is 3.33. The van der Waals surface area contributed by atoms with Gasteiger partial charge in [-0.1, -0.05) is 29.3 Å². The summed E-state index contributed by atoms with van der Waals surface area (Å²) >= 11 is 11.8. The van der Waals surface area contributed by atoms with Crippen LogP contribution in [0.4, 0.5) is 5.69 Å². The molecule has 0 aliphatic rings. The number of primary amides is 1. The van der Waals surface area contributed by atoms with E-state index in [2.05, 4.69) is 5.32 Å². The van der Waals surface area contributed by atoms with Gasteiger partial charge in [-0.2, -0.15) is 0 Å². The summed E-state index contributed by atoms with van der Waals surface area (Å²) in [5, 5.41) is 2.96. The zero-order valence-corrected chi connectivity index (χ0v) is 16.2. The molecule has 0 aliphatic heterocycles. The van der Waals surface area contributed by atoms with Crippen molar-refractivity contribution in [2.75, 3.05) is 25.6 Å². The van der Waals surface area contributed by atoms with Gasteiger partial charge in [-0.25, -0.2) is 4.79 Å². The molecule has 0 radical (unpaired) electrons. The molecule has 28 heavy (non-hydrogen) atoms. The van der Waals surface area contributed by atoms with E-state index in [9.17, 15) is 14.4 Å². The average Bonchev–Trinajstić information content (AvgIpc) is 2.67. The minimum absolute atomic E-state index is 0.122. The van der Waals surface area contributed by atoms with E-state index in [-0.39, 0.29) is 33.7 Å². The van der Waals surface area contributed by atoms with E-state index in [1.165, 1.54) is 25.3 Å². The highest BCUT2D eigenvalue weighted by Gasteiger charge is 2.15. The number of halogens is 2. The van der Waals surface area contributed by atoms with Gasteiger partial charge in [0.1, 0.15) is 0 Å². The number of hydrogen-bond acceptors (Lipinski definition) is 6. The highest BCUT2D eigenvalue weighted by molar-refractivity contribution is 6.44. The maximum Gasteiger partial charge on any atom is 0.338 e. The van der Waals surface area contributed by atoms with Crippen molar-refractivity contribution in [3.63, 3.8) is 0 Å². The molecule has 0 saturated carbocycles. The van der Waals surface area contributed by atoms with Crippen LogP contribution in [0.5, 0.6) is 11.5 Å². The number of anilines is 1. The number of benzene rings is 2. The Bertz CT molecular complexity index is 904. The van der Waals surface area contributed by atoms with E-state index in [1.54, 1.807) is 18.2 Å². The molecule has 0 bridgehead atoms. The third kappa shape index (κ3) is 5.77. The van der Waals surface area contributed by atoms with Gasteiger partial charge < -0.3 is 25.3 Å². The van der Waals surface area contributed by atoms with Crippen LogP contribution in [0.25, 0.3) is 0 Å². The first-order chi connectivity index (χ1) is 13.3. The van der Waals surface area contributed by atoms with Crippen molar-refractivity contribution in [2.45, 2.75) is 0 Å². The summed E-state index contributed by atoms with van der Waals surface area (Å²) in [7, 11) is 1.36. The molecular formula is C18H16Cl2N2O6. The average molecular weight is 427 g/mol. The number of amides is 2. The molecule has 2 amide bonds. The summed E-state index contributed by atoms with van der Waals surface area (Å²) in [6.07, 6.45) is 0. The lowest BCUT2D eigenvalue weighted by molar-refractivity contribution is -0.120. The molecule has 0 heterocycles. The predicted octanol–water partition coefficient (Wildman–Crippen LogP) is 2.66. The zero-order valence-electron chi connectivity index (χ0n) is 14.7. The number of rotatable bonds is 8. The lowest BCUT2D eigenvalue weighted by Gasteiger charge is -2.11. The van der Waals surface area contributed by atoms with Crippen LogP contribution in [0.3, 0.4) is 0 Å². The third-order valence-corrected chi connectivity index (χ3v) is 4.15. The SMILES string of the molecule is COc1cc(C(=O)OCC(=O)Nc2cccc(Cl)c2Cl)ccc1OCC(N)=O. The predicted molar refractivity (Wildman–Crippen MR) is 103 cm³/mol. The minimum Gasteiger partial charge on any atom is -0.493 e. The Labute approximate surface area is 170 Å². The Hall–Kier alpha value is -2.97. The lowest BCUT2D eigenvalue weighted by Crippen LogP contribution is -2.21. The van der Waals surface area contributed by atoms with Crippen LogP contribution in [-0.2, 0) is 14.3 Å². The normalized spacial score (nSPS) is 10.1. The van der Waals surface area contributed by atoms with E-state index in [4.69, 9.17) is 43.1 Å². The standard InChI is InChI=1S/C18H16Cl2N2O6/c1-26-14-7-10(5-6-13(14)27-8-15(21)23)18(25)28-9-16(24)22-12-4-2-3-11(19)17(12)20/h2-7H,8-9H2,1H3,(H2,21,23)(H,22,24). The van der Waals surface area contributed by atoms with E-state index in [0.717, 1.165) is 0 Å². The fourth-order valence-corrected chi connectivity index (χ4v) is 2.41. The van der Waals surface area contributed by atoms with E-state index < -0.39 is 24.4 Å². The molecule has 10 heteroatoms. The van der Waals surface area contributed by atoms with Crippen LogP contribution in [-0.4, -0.2) is 38.1 Å². The van der Waals surface area contributed by atoms with E-state index >= 15 is 0 Å². The smallest absolute Gasteiger partial charge is 0.338 e. The highest BCUT2D eigenvalue weighted by atomic mass is 35.5. The number of esters is 1. The molecule has 0 saturated heterocycles. The van der Waals surface area contributed by atoms with Crippen LogP contribution >= 0.6 is 23.2 Å². The Balaban J connectivity index is 1.97. The van der Waals surface area contributed by atoms with Crippen molar-refractivity contribution in [3.8, 4) is 11.5 Å². The Morgan fingerprint density at radius 2 is 1.82 bits per heavy atom. The minimum atomic E-state index is -0.757. The summed E-state index contributed by atoms with van der Waals surface area (Å²) in [6.45, 7) is -0.879. The topological polar surface area (TPSA) is 117 Å². The molecular weight excluding hydrogens is 411 g/mol. The molecule has 8 nitrogen and oxygen atoms in total. The fraction of sp³-hybridized carbons (Fsp3) is 0.167. The van der Waals surface area contributed by atoms with Crippen molar-refractivity contribution in [3.05, 3.63) is 52.0 Å². The van der Waals surface area contributed by atoms with Gasteiger partial charge in [0.25, 0.3) is 11.8 Å². The van der Waals surface area contributed by atoms with Gasteiger partial charge in [-0.15, -0.1) is 0 Å². The number of nitrogens with two attached hydrogens (primary N) is 1. The maximum absolute atomic E-state index is 12.1. The van der Waals surface area contributed by atoms with Gasteiger partial charge in [0.15, 0.2) is 24.7 Å². The van der Waals surface area contributed by atoms with Crippen LogP contribution in [0.2, 0.25) is 10.0 Å². The second-order valence-electron chi connectivity index (χ2n) is 5.35. The van der Waals surface area contributed by atoms with Crippen LogP contribution < -0.4 is 20.5 Å². The van der Waals surface area contributed by atoms with Crippen molar-refractivity contribution in [1.29, 1.82) is 0 Å². The highest BCUT2D eigenvalue weighted by Crippen LogP contribution is 2.30. The quantitative estimate of drug-likeness (QED) is 0.626. The van der Waals surface area contributed by atoms with Gasteiger partial charge in [0, 0.05) is 0 Å². The molecule has 2 aromatic carbocycles. The van der Waals surface area contributed by atoms with Gasteiger partial charge >= 0.3 is 5.97 Å². The Morgan fingerprint density at radius 3 is 2.50 bits per heavy atom. The summed E-state index contributed by atoms with van der Waals surface area (Å²) in [4.78, 5) is 34.9. The maximum atomic E-state index is 12.1. The number of carbonyl (C=O) groups excluding carboxylic acids is 3. The van der Waals surface area contributed by atoms with Crippen molar-refractivity contribution >= 4 is 46.7 Å². The van der Waals surface area contributed by atoms with E-state index in [1.807, 2.05) is 0 Å². The summed E-state index contributed by atoms with van der Waals surface area (Å²) in [6, 6.07) is 8.92. The molecule has 148 valence electrons. The number of ether oxygens (including phenoxy) is 3. The molecule has 0 fully saturated rings. The molecule has 2 rings (SSSR count). The molecule has 0 unspecified atom stereocenters. The van der Waals surface area contributed by atoms with E-state index in [0.29, 0.717) is 5.69 Å². The van der Waals surface area contributed by atoms with Crippen molar-refractivity contribution < 1.29 is 28.6 Å². The monoisotopic (exact) mass is 426 g/mol. The lowest BCUT2D eigenvalue weighted by atomic mass is 10.2. The Kier molecular flexibility index (Phi) is 7.48. The van der Waals surface area contributed by atoms with Crippen LogP contribution in [0.15, 0.2) is 36.4 Å². The Morgan fingerprint density at radius 1 is 1.07 bits per heavy atom. The molecule has 0 aromatic heterocycles. The summed E-state index contributed by atoms with van der Waals surface area (Å²) in [5.41, 5.74) is 5.44. The number of nitrogens with one attached hydrogen (secondary N) is 1. The second-order valence-corrected chi connectivity index (χ2v) is 6.13. The first-order valence-corrected chi connectivity index (χ1v) is 8.57. The summed E-state index contributed by atoms with van der Waals surface area (Å²) in [5.74, 6) is -1.58. The van der Waals surface area contributed by atoms with Crippen LogP contribution in [0.1, 0.15) is 10.4 Å². The van der Waals surface area contributed by atoms with Gasteiger partial charge in [-0.05, 0) is 30.3 Å². The zero-order chi connectivity index (χ0) is 20.7. The molecule has 0 spiro atoms. The largest absolute Gasteiger partial charge is 0.493 e. The second kappa shape index (κ2) is 9.82. The molecule has 0 aliphatic carbocycles. The van der Waals surface area contributed by atoms with Gasteiger partial charge in [0.2, 0.25) is 0 Å². The number of hydrogen-bond donors (Lipinski definition) is 2. The van der Waals surface area contributed by atoms with Gasteiger partial charge in [0.05, 0.1) is 28.4 Å². The van der Waals surface area contributed by atoms with Crippen LogP contribution in [0, 0.1) is 0 Å². The summed E-state index contributed by atoms with van der Waals surface area (Å²) < 4.78 is 15.2. The molecule has 2 aromatic rings. The number of methoxy groups -OCH3 is 1. The molecule has 0 atom stereocenters. The first kappa shape index (κ1) is 21.3.